The molecule has 5 rings (SSSR count). The second-order valence-corrected chi connectivity index (χ2v) is 11.3. The fourth-order valence-electron chi connectivity index (χ4n) is 4.53. The van der Waals surface area contributed by atoms with Crippen LogP contribution in [0.4, 0.5) is 0 Å². The number of nitrogens with zero attached hydrogens (tertiary/aromatic N) is 2. The zero-order valence-corrected chi connectivity index (χ0v) is 24.2. The quantitative estimate of drug-likeness (QED) is 0.244. The largest absolute Gasteiger partial charge is 0.463 e. The number of furan rings is 1. The van der Waals surface area contributed by atoms with E-state index in [-0.39, 0.29) is 12.2 Å². The lowest BCUT2D eigenvalue weighted by atomic mass is 9.93. The lowest BCUT2D eigenvalue weighted by Gasteiger charge is -2.25. The highest BCUT2D eigenvalue weighted by Gasteiger charge is 2.33. The molecule has 39 heavy (non-hydrogen) atoms. The third-order valence-electron chi connectivity index (χ3n) is 6.54. The van der Waals surface area contributed by atoms with E-state index >= 15 is 0 Å². The first kappa shape index (κ1) is 27.2. The molecule has 1 atom stereocenters. The number of rotatable bonds is 6. The Morgan fingerprint density at radius 2 is 1.87 bits per heavy atom. The zero-order valence-electron chi connectivity index (χ0n) is 21.8. The minimum Gasteiger partial charge on any atom is -0.463 e. The molecule has 200 valence electrons. The third-order valence-corrected chi connectivity index (χ3v) is 8.26. The molecule has 0 saturated heterocycles. The van der Waals surface area contributed by atoms with Crippen LogP contribution in [0.1, 0.15) is 56.5 Å². The minimum atomic E-state index is -0.660. The molecule has 1 aliphatic rings. The maximum Gasteiger partial charge on any atom is 0.338 e. The third kappa shape index (κ3) is 5.26. The van der Waals surface area contributed by atoms with Crippen LogP contribution in [0.2, 0.25) is 10.0 Å². The smallest absolute Gasteiger partial charge is 0.338 e. The van der Waals surface area contributed by atoms with Crippen molar-refractivity contribution in [3.63, 3.8) is 0 Å². The van der Waals surface area contributed by atoms with Crippen LogP contribution in [0.3, 0.4) is 0 Å². The van der Waals surface area contributed by atoms with Crippen molar-refractivity contribution in [3.05, 3.63) is 112 Å². The summed E-state index contributed by atoms with van der Waals surface area (Å²) in [5.74, 6) is 0.963. The summed E-state index contributed by atoms with van der Waals surface area (Å²) < 4.78 is 13.4. The minimum absolute atomic E-state index is 0.221. The number of hydrogen-bond donors (Lipinski definition) is 0. The highest BCUT2D eigenvalue weighted by Crippen LogP contribution is 2.32. The number of allylic oxidation sites excluding steroid dienone is 1. The van der Waals surface area contributed by atoms with Crippen LogP contribution >= 0.6 is 34.5 Å². The number of fused-ring (bicyclic) bond motifs is 1. The van der Waals surface area contributed by atoms with Gasteiger partial charge >= 0.3 is 5.97 Å². The maximum atomic E-state index is 13.8. The van der Waals surface area contributed by atoms with Gasteiger partial charge in [0.05, 0.1) is 38.5 Å². The summed E-state index contributed by atoms with van der Waals surface area (Å²) in [7, 11) is 0. The summed E-state index contributed by atoms with van der Waals surface area (Å²) in [4.78, 5) is 32.0. The Morgan fingerprint density at radius 3 is 2.54 bits per heavy atom. The van der Waals surface area contributed by atoms with Gasteiger partial charge in [-0.15, -0.1) is 0 Å². The Hall–Kier alpha value is -3.39. The van der Waals surface area contributed by atoms with Crippen LogP contribution in [0, 0.1) is 0 Å². The lowest BCUT2D eigenvalue weighted by molar-refractivity contribution is -0.139. The fourth-order valence-corrected chi connectivity index (χ4v) is 5.86. The highest BCUT2D eigenvalue weighted by molar-refractivity contribution is 7.07. The van der Waals surface area contributed by atoms with Gasteiger partial charge in [-0.2, -0.15) is 0 Å². The Bertz CT molecular complexity index is 1780. The van der Waals surface area contributed by atoms with Gasteiger partial charge in [-0.3, -0.25) is 9.36 Å². The average molecular weight is 582 g/mol. The number of ether oxygens (including phenoxy) is 1. The summed E-state index contributed by atoms with van der Waals surface area (Å²) in [6.07, 6.45) is 1.69. The molecule has 4 aromatic rings. The second kappa shape index (κ2) is 11.0. The molecule has 0 radical (unpaired) electrons. The van der Waals surface area contributed by atoms with Crippen molar-refractivity contribution in [1.82, 2.24) is 4.57 Å². The van der Waals surface area contributed by atoms with Crippen LogP contribution in [0.5, 0.6) is 0 Å². The Morgan fingerprint density at radius 1 is 1.13 bits per heavy atom. The molecular weight excluding hydrogens is 555 g/mol. The molecule has 6 nitrogen and oxygen atoms in total. The van der Waals surface area contributed by atoms with E-state index in [9.17, 15) is 9.59 Å². The highest BCUT2D eigenvalue weighted by atomic mass is 35.5. The van der Waals surface area contributed by atoms with Gasteiger partial charge in [0.2, 0.25) is 0 Å². The first-order valence-electron chi connectivity index (χ1n) is 12.5. The monoisotopic (exact) mass is 580 g/mol. The predicted molar refractivity (Wildman–Crippen MR) is 155 cm³/mol. The summed E-state index contributed by atoms with van der Waals surface area (Å²) in [5, 5.41) is 0.883. The predicted octanol–water partition coefficient (Wildman–Crippen LogP) is 6.49. The van der Waals surface area contributed by atoms with E-state index in [1.54, 1.807) is 42.7 Å². The van der Waals surface area contributed by atoms with Crippen molar-refractivity contribution in [1.29, 1.82) is 0 Å². The molecule has 0 N–H and O–H groups in total. The zero-order chi connectivity index (χ0) is 27.8. The van der Waals surface area contributed by atoms with E-state index in [1.165, 1.54) is 16.9 Å². The number of aromatic nitrogens is 1. The lowest BCUT2D eigenvalue weighted by Crippen LogP contribution is -2.39. The van der Waals surface area contributed by atoms with Crippen LogP contribution in [0.15, 0.2) is 80.1 Å². The normalized spacial score (nSPS) is 15.5. The Kier molecular flexibility index (Phi) is 7.67. The van der Waals surface area contributed by atoms with Crippen molar-refractivity contribution < 1.29 is 13.9 Å². The van der Waals surface area contributed by atoms with Crippen molar-refractivity contribution >= 4 is 46.6 Å². The summed E-state index contributed by atoms with van der Waals surface area (Å²) in [6, 6.07) is 16.2. The van der Waals surface area contributed by atoms with Gasteiger partial charge in [-0.1, -0.05) is 72.7 Å². The van der Waals surface area contributed by atoms with Gasteiger partial charge in [0.1, 0.15) is 11.5 Å². The summed E-state index contributed by atoms with van der Waals surface area (Å²) in [5.41, 5.74) is 3.36. The molecule has 0 amide bonds. The number of carbonyl (C=O) groups excluding carboxylic acids is 1. The van der Waals surface area contributed by atoms with E-state index in [4.69, 9.17) is 32.4 Å². The molecule has 9 heteroatoms. The van der Waals surface area contributed by atoms with Crippen molar-refractivity contribution in [2.45, 2.75) is 39.7 Å². The summed E-state index contributed by atoms with van der Waals surface area (Å²) >= 11 is 13.4. The van der Waals surface area contributed by atoms with Crippen molar-refractivity contribution in [2.24, 2.45) is 4.99 Å². The van der Waals surface area contributed by atoms with E-state index in [2.05, 4.69) is 18.8 Å². The van der Waals surface area contributed by atoms with E-state index in [1.807, 2.05) is 36.4 Å². The van der Waals surface area contributed by atoms with Gasteiger partial charge in [0, 0.05) is 11.6 Å². The van der Waals surface area contributed by atoms with Crippen molar-refractivity contribution in [3.8, 4) is 11.3 Å². The van der Waals surface area contributed by atoms with Crippen LogP contribution in [-0.4, -0.2) is 17.1 Å². The van der Waals surface area contributed by atoms with Crippen LogP contribution in [-0.2, 0) is 9.53 Å². The molecule has 0 unspecified atom stereocenters. The van der Waals surface area contributed by atoms with E-state index in [0.29, 0.717) is 48.1 Å². The van der Waals surface area contributed by atoms with Gasteiger partial charge in [0.25, 0.3) is 5.56 Å². The molecule has 3 heterocycles. The fraction of sp³-hybridized carbons (Fsp3) is 0.233. The second-order valence-electron chi connectivity index (χ2n) is 9.45. The molecule has 1 aliphatic heterocycles. The molecule has 0 saturated carbocycles. The molecular formula is C30H26Cl2N2O4S. The van der Waals surface area contributed by atoms with Gasteiger partial charge < -0.3 is 9.15 Å². The van der Waals surface area contributed by atoms with Crippen LogP contribution < -0.4 is 14.9 Å². The van der Waals surface area contributed by atoms with Gasteiger partial charge in [0.15, 0.2) is 4.80 Å². The molecule has 0 fully saturated rings. The Balaban J connectivity index is 1.62. The van der Waals surface area contributed by atoms with E-state index < -0.39 is 12.0 Å². The number of hydrogen-bond acceptors (Lipinski definition) is 6. The maximum absolute atomic E-state index is 13.8. The van der Waals surface area contributed by atoms with E-state index in [0.717, 1.165) is 11.1 Å². The molecule has 0 aliphatic carbocycles. The number of carbonyl (C=O) groups is 1. The van der Waals surface area contributed by atoms with Gasteiger partial charge in [-0.25, -0.2) is 9.79 Å². The Labute approximate surface area is 239 Å². The van der Waals surface area contributed by atoms with Crippen molar-refractivity contribution in [2.75, 3.05) is 6.61 Å². The van der Waals surface area contributed by atoms with Crippen LogP contribution in [0.25, 0.3) is 17.4 Å². The SMILES string of the molecule is CCOC(=O)C1=C(C)N=c2s/c(=C\c3ccc(-c4ccc(Cl)c(Cl)c4)o3)c(=O)n2[C@H]1c1ccc(C(C)C)cc1. The standard InChI is InChI=1S/C30H26Cl2N2O4S/c1-5-37-29(36)26-17(4)33-30-34(27(26)19-8-6-18(7-9-19)16(2)3)28(35)25(39-30)15-21-11-13-24(38-21)20-10-12-22(31)23(32)14-20/h6-16,27H,5H2,1-4H3/b25-15-/t27-/m0/s1. The number of benzene rings is 2. The summed E-state index contributed by atoms with van der Waals surface area (Å²) in [6.45, 7) is 7.99. The van der Waals surface area contributed by atoms with Gasteiger partial charge in [-0.05, 0) is 61.2 Å². The molecule has 0 spiro atoms. The first-order valence-corrected chi connectivity index (χ1v) is 14.1. The molecule has 2 aromatic carbocycles. The molecule has 0 bridgehead atoms. The number of halogens is 2. The molecule has 2 aromatic heterocycles. The number of esters is 1. The average Bonchev–Trinajstić information content (AvgIpc) is 3.49. The number of thiazole rings is 1. The first-order chi connectivity index (χ1) is 18.7. The topological polar surface area (TPSA) is 73.8 Å².